The first kappa shape index (κ1) is 32.6. The summed E-state index contributed by atoms with van der Waals surface area (Å²) in [4.78, 5) is 0. The minimum absolute atomic E-state index is 0.452. The number of hydrogen-bond acceptors (Lipinski definition) is 3. The molecule has 0 aliphatic heterocycles. The van der Waals surface area contributed by atoms with Gasteiger partial charge in [-0.25, -0.2) is 0 Å². The second kappa shape index (κ2) is 10.9. The van der Waals surface area contributed by atoms with Gasteiger partial charge in [-0.05, 0) is 192 Å². The van der Waals surface area contributed by atoms with Crippen molar-refractivity contribution >= 4 is 60.0 Å². The van der Waals surface area contributed by atoms with Crippen molar-refractivity contribution in [2.24, 2.45) is 29.1 Å². The maximum absolute atomic E-state index is 11.1. The van der Waals surface area contributed by atoms with E-state index in [-0.39, 0.29) is 0 Å². The summed E-state index contributed by atoms with van der Waals surface area (Å²) in [5.74, 6) is 5.00. The van der Waals surface area contributed by atoms with Crippen LogP contribution in [0.5, 0.6) is 0 Å². The first-order chi connectivity index (χ1) is 30.1. The van der Waals surface area contributed by atoms with Gasteiger partial charge in [0.15, 0.2) is 0 Å². The summed E-state index contributed by atoms with van der Waals surface area (Å²) >= 11 is 0. The topological polar surface area (TPSA) is 65.1 Å². The summed E-state index contributed by atoms with van der Waals surface area (Å²) in [6.07, 6.45) is 12.7. The Morgan fingerprint density at radius 3 is 1.84 bits per heavy atom. The van der Waals surface area contributed by atoms with Crippen LogP contribution in [0.2, 0.25) is 0 Å². The molecular weight excluding hydrogens is 743 g/mol. The molecule has 7 bridgehead atoms. The van der Waals surface area contributed by atoms with Gasteiger partial charge in [-0.3, -0.25) is 0 Å². The Balaban J connectivity index is 1.12. The fraction of sp³-hybridized carbons (Fsp3) is 0.333. The molecule has 7 unspecified atom stereocenters. The molecule has 0 saturated heterocycles. The monoisotopic (exact) mass is 785 g/mol. The van der Waals surface area contributed by atoms with Crippen LogP contribution in [0.4, 0.5) is 0 Å². The van der Waals surface area contributed by atoms with Gasteiger partial charge < -0.3 is 8.82 Å². The van der Waals surface area contributed by atoms with E-state index in [1.807, 2.05) is 0 Å². The van der Waals surface area contributed by atoms with Gasteiger partial charge in [0.1, 0.15) is 11.2 Å². The highest BCUT2D eigenvalue weighted by Gasteiger charge is 2.66. The van der Waals surface area contributed by atoms with Crippen LogP contribution < -0.4 is 0 Å². The van der Waals surface area contributed by atoms with Gasteiger partial charge in [0.05, 0.1) is 39.8 Å². The van der Waals surface area contributed by atoms with E-state index in [9.17, 15) is 10.5 Å². The third-order valence-electron chi connectivity index (χ3n) is 18.6. The van der Waals surface area contributed by atoms with Gasteiger partial charge >= 0.3 is 0 Å². The standard InChI is InChI=1S/C57H43N3O/c58-26-36-21-45-53(51-32-15-28-12-29(16-32)14-31(13-28)48(36)51)43-19-33(50-40(30-6-2-1-3-7-30)10-11-42-41-8-4-5-9-47(41)61-56(42)50)20-44-54-46(60(45)55(43)44)22-37(27-59)49-34-17-38-23-39-18-35(52(49)54)25-57(38,39)24-34/h1-11,19-22,28-29,31-32,34-35,38-39H,12-18,23-25H2. The number of nitriles is 2. The molecule has 3 heterocycles. The molecule has 4 nitrogen and oxygen atoms in total. The molecule has 0 N–H and O–H groups in total. The predicted octanol–water partition coefficient (Wildman–Crippen LogP) is 14.6. The Morgan fingerprint density at radius 2 is 1.15 bits per heavy atom. The minimum atomic E-state index is 0.452. The van der Waals surface area contributed by atoms with E-state index in [0.29, 0.717) is 29.1 Å². The number of furan rings is 1. The normalized spacial score (nSPS) is 30.0. The molecule has 5 saturated carbocycles. The SMILES string of the molecule is N#Cc1cc2c(c3c1C1CC4CC(C1)CC3C4)c1cc(-c3c(-c4ccccc4)ccc4c3oc3ccccc34)cc3c4c5c(c(C#N)cc4n2c13)C1CC2CC3CC5CC23C1. The number of rotatable bonds is 2. The Kier molecular flexibility index (Phi) is 5.81. The summed E-state index contributed by atoms with van der Waals surface area (Å²) < 4.78 is 9.54. The maximum atomic E-state index is 11.1. The largest absolute Gasteiger partial charge is 0.455 e. The summed E-state index contributed by atoms with van der Waals surface area (Å²) in [6.45, 7) is 0. The van der Waals surface area contributed by atoms with Gasteiger partial charge in [0.2, 0.25) is 0 Å². The van der Waals surface area contributed by atoms with Crippen LogP contribution in [0.15, 0.2) is 95.4 Å². The highest BCUT2D eigenvalue weighted by atomic mass is 16.3. The number of hydrogen-bond donors (Lipinski definition) is 0. The molecule has 292 valence electrons. The molecule has 0 radical (unpaired) electrons. The molecule has 17 rings (SSSR count). The van der Waals surface area contributed by atoms with Crippen molar-refractivity contribution in [1.82, 2.24) is 4.40 Å². The molecule has 8 aliphatic rings. The molecule has 5 fully saturated rings. The van der Waals surface area contributed by atoms with E-state index in [2.05, 4.69) is 108 Å². The molecule has 61 heavy (non-hydrogen) atoms. The highest BCUT2D eigenvalue weighted by molar-refractivity contribution is 6.27. The van der Waals surface area contributed by atoms with Gasteiger partial charge in [-0.2, -0.15) is 10.5 Å². The first-order valence-corrected chi connectivity index (χ1v) is 23.3. The first-order valence-electron chi connectivity index (χ1n) is 23.3. The second-order valence-electron chi connectivity index (χ2n) is 21.0. The zero-order valence-electron chi connectivity index (χ0n) is 34.1. The quantitative estimate of drug-likeness (QED) is 0.175. The summed E-state index contributed by atoms with van der Waals surface area (Å²) in [5, 5.41) is 29.9. The highest BCUT2D eigenvalue weighted by Crippen LogP contribution is 2.77. The van der Waals surface area contributed by atoms with Crippen LogP contribution in [-0.2, 0) is 0 Å². The van der Waals surface area contributed by atoms with Crippen LogP contribution in [0.1, 0.15) is 121 Å². The maximum Gasteiger partial charge on any atom is 0.143 e. The minimum Gasteiger partial charge on any atom is -0.455 e. The Bertz CT molecular complexity index is 3580. The lowest BCUT2D eigenvalue weighted by molar-refractivity contribution is 0.00322. The van der Waals surface area contributed by atoms with Crippen LogP contribution in [0.3, 0.4) is 0 Å². The fourth-order valence-electron chi connectivity index (χ4n) is 16.9. The van der Waals surface area contributed by atoms with Crippen LogP contribution in [-0.4, -0.2) is 4.40 Å². The second-order valence-corrected chi connectivity index (χ2v) is 21.0. The van der Waals surface area contributed by atoms with Crippen molar-refractivity contribution in [1.29, 1.82) is 10.5 Å². The summed E-state index contributed by atoms with van der Waals surface area (Å²) in [6, 6.07) is 39.2. The molecule has 9 aromatic rings. The van der Waals surface area contributed by atoms with E-state index in [1.165, 1.54) is 136 Å². The summed E-state index contributed by atoms with van der Waals surface area (Å²) in [7, 11) is 0. The zero-order chi connectivity index (χ0) is 39.6. The fourth-order valence-corrected chi connectivity index (χ4v) is 16.9. The molecule has 8 aliphatic carbocycles. The summed E-state index contributed by atoms with van der Waals surface area (Å²) in [5.41, 5.74) is 18.1. The van der Waals surface area contributed by atoms with Gasteiger partial charge in [0, 0.05) is 37.9 Å². The number of fused-ring (bicyclic) bond motifs is 15. The van der Waals surface area contributed by atoms with Crippen LogP contribution >= 0.6 is 0 Å². The molecule has 3 aromatic heterocycles. The molecule has 6 aromatic carbocycles. The average molecular weight is 786 g/mol. The lowest BCUT2D eigenvalue weighted by atomic mass is 9.56. The van der Waals surface area contributed by atoms with E-state index in [4.69, 9.17) is 4.42 Å². The Morgan fingerprint density at radius 1 is 0.541 bits per heavy atom. The third-order valence-corrected chi connectivity index (χ3v) is 18.6. The molecular formula is C57H43N3O. The zero-order valence-corrected chi connectivity index (χ0v) is 34.1. The average Bonchev–Trinajstić information content (AvgIpc) is 4.02. The van der Waals surface area contributed by atoms with E-state index in [0.717, 1.165) is 67.8 Å². The number of aromatic nitrogens is 1. The lowest BCUT2D eigenvalue weighted by Crippen LogP contribution is -2.41. The van der Waals surface area contributed by atoms with Gasteiger partial charge in [0.25, 0.3) is 0 Å². The third kappa shape index (κ3) is 3.78. The van der Waals surface area contributed by atoms with Crippen molar-refractivity contribution in [3.05, 3.63) is 124 Å². The lowest BCUT2D eigenvalue weighted by Gasteiger charge is -2.48. The molecule has 0 amide bonds. The van der Waals surface area contributed by atoms with Gasteiger partial charge in [-0.15, -0.1) is 0 Å². The van der Waals surface area contributed by atoms with Crippen molar-refractivity contribution in [3.63, 3.8) is 0 Å². The van der Waals surface area contributed by atoms with E-state index in [1.54, 1.807) is 0 Å². The smallest absolute Gasteiger partial charge is 0.143 e. The number of benzene rings is 6. The van der Waals surface area contributed by atoms with E-state index >= 15 is 0 Å². The van der Waals surface area contributed by atoms with Crippen molar-refractivity contribution in [3.8, 4) is 34.4 Å². The van der Waals surface area contributed by atoms with Crippen LogP contribution in [0.25, 0.3) is 82.3 Å². The van der Waals surface area contributed by atoms with Gasteiger partial charge in [-0.1, -0.05) is 54.6 Å². The Hall–Kier alpha value is -6.10. The Labute approximate surface area is 353 Å². The van der Waals surface area contributed by atoms with E-state index < -0.39 is 0 Å². The number of nitrogens with zero attached hydrogens (tertiary/aromatic N) is 3. The number of para-hydroxylation sites is 1. The molecule has 1 spiro atoms. The molecule has 7 atom stereocenters. The van der Waals surface area contributed by atoms with Crippen molar-refractivity contribution in [2.75, 3.05) is 0 Å². The van der Waals surface area contributed by atoms with Crippen molar-refractivity contribution < 1.29 is 4.42 Å². The van der Waals surface area contributed by atoms with Crippen molar-refractivity contribution in [2.45, 2.75) is 87.9 Å². The molecule has 4 heteroatoms. The van der Waals surface area contributed by atoms with Crippen LogP contribution in [0, 0.1) is 51.7 Å². The predicted molar refractivity (Wildman–Crippen MR) is 242 cm³/mol.